The molecular formula is C20H24Br2N2O2. The predicted octanol–water partition coefficient (Wildman–Crippen LogP) is 4.03. The van der Waals surface area contributed by atoms with Gasteiger partial charge in [0.1, 0.15) is 12.4 Å². The molecule has 1 heterocycles. The predicted molar refractivity (Wildman–Crippen MR) is 111 cm³/mol. The fraction of sp³-hybridized carbons (Fsp3) is 0.400. The highest BCUT2D eigenvalue weighted by Gasteiger charge is 2.34. The molecule has 2 aromatic carbocycles. The van der Waals surface area contributed by atoms with E-state index in [1.54, 1.807) is 0 Å². The van der Waals surface area contributed by atoms with Gasteiger partial charge >= 0.3 is 0 Å². The summed E-state index contributed by atoms with van der Waals surface area (Å²) >= 11 is 6.99. The fourth-order valence-corrected chi connectivity index (χ4v) is 4.02. The molecule has 0 aliphatic carbocycles. The number of hydrogen-bond acceptors (Lipinski definition) is 4. The van der Waals surface area contributed by atoms with Crippen molar-refractivity contribution in [2.24, 2.45) is 5.73 Å². The molecule has 3 rings (SSSR count). The summed E-state index contributed by atoms with van der Waals surface area (Å²) in [4.78, 5) is 2.37. The maximum atomic E-state index is 11.0. The van der Waals surface area contributed by atoms with Crippen molar-refractivity contribution in [2.75, 3.05) is 26.2 Å². The third kappa shape index (κ3) is 4.87. The highest BCUT2D eigenvalue weighted by atomic mass is 79.9. The number of halogens is 2. The van der Waals surface area contributed by atoms with E-state index < -0.39 is 5.60 Å². The van der Waals surface area contributed by atoms with Crippen LogP contribution in [0.4, 0.5) is 0 Å². The number of rotatable bonds is 6. The van der Waals surface area contributed by atoms with Gasteiger partial charge in [-0.1, -0.05) is 44.0 Å². The Hall–Kier alpha value is -0.920. The van der Waals surface area contributed by atoms with Crippen molar-refractivity contribution in [3.05, 3.63) is 62.5 Å². The van der Waals surface area contributed by atoms with Crippen LogP contribution in [0.25, 0.3) is 0 Å². The summed E-state index contributed by atoms with van der Waals surface area (Å²) in [5.41, 5.74) is 6.95. The molecular weight excluding hydrogens is 460 g/mol. The van der Waals surface area contributed by atoms with E-state index >= 15 is 0 Å². The summed E-state index contributed by atoms with van der Waals surface area (Å²) in [5, 5.41) is 11.0. The highest BCUT2D eigenvalue weighted by molar-refractivity contribution is 9.10. The Kier molecular flexibility index (Phi) is 6.75. The van der Waals surface area contributed by atoms with Gasteiger partial charge in [0.05, 0.1) is 5.60 Å². The monoisotopic (exact) mass is 482 g/mol. The quantitative estimate of drug-likeness (QED) is 0.651. The summed E-state index contributed by atoms with van der Waals surface area (Å²) < 4.78 is 7.85. The normalized spacial score (nSPS) is 17.2. The van der Waals surface area contributed by atoms with Gasteiger partial charge in [0.2, 0.25) is 0 Å². The van der Waals surface area contributed by atoms with E-state index in [2.05, 4.69) is 42.8 Å². The zero-order chi connectivity index (χ0) is 18.6. The topological polar surface area (TPSA) is 58.7 Å². The molecule has 1 fully saturated rings. The second kappa shape index (κ2) is 8.85. The lowest BCUT2D eigenvalue weighted by atomic mass is 9.84. The van der Waals surface area contributed by atoms with E-state index in [0.29, 0.717) is 13.2 Å². The SMILES string of the molecule is NCCOc1ccc(Br)cc1CN1CCC(O)(c2ccc(Br)cc2)CC1. The molecule has 0 saturated carbocycles. The Morgan fingerprint density at radius 3 is 2.35 bits per heavy atom. The largest absolute Gasteiger partial charge is 0.492 e. The third-order valence-corrected chi connectivity index (χ3v) is 5.88. The zero-order valence-electron chi connectivity index (χ0n) is 14.6. The second-order valence-corrected chi connectivity index (χ2v) is 8.54. The summed E-state index contributed by atoms with van der Waals surface area (Å²) in [5.74, 6) is 0.882. The molecule has 0 bridgehead atoms. The first-order chi connectivity index (χ1) is 12.5. The second-order valence-electron chi connectivity index (χ2n) is 6.70. The Balaban J connectivity index is 1.65. The van der Waals surface area contributed by atoms with Crippen molar-refractivity contribution in [3.63, 3.8) is 0 Å². The molecule has 6 heteroatoms. The number of hydrogen-bond donors (Lipinski definition) is 2. The van der Waals surface area contributed by atoms with Gasteiger partial charge in [-0.3, -0.25) is 4.90 Å². The van der Waals surface area contributed by atoms with Gasteiger partial charge < -0.3 is 15.6 Å². The molecule has 140 valence electrons. The van der Waals surface area contributed by atoms with Crippen LogP contribution in [-0.2, 0) is 12.1 Å². The first-order valence-corrected chi connectivity index (χ1v) is 10.4. The fourth-order valence-electron chi connectivity index (χ4n) is 3.35. The van der Waals surface area contributed by atoms with Crippen molar-refractivity contribution in [3.8, 4) is 5.75 Å². The molecule has 4 nitrogen and oxygen atoms in total. The molecule has 0 radical (unpaired) electrons. The number of ether oxygens (including phenoxy) is 1. The van der Waals surface area contributed by atoms with Gasteiger partial charge in [0, 0.05) is 40.7 Å². The van der Waals surface area contributed by atoms with Gasteiger partial charge in [0.25, 0.3) is 0 Å². The maximum Gasteiger partial charge on any atom is 0.123 e. The van der Waals surface area contributed by atoms with Gasteiger partial charge in [-0.25, -0.2) is 0 Å². The molecule has 3 N–H and O–H groups in total. The van der Waals surface area contributed by atoms with Crippen LogP contribution in [0.3, 0.4) is 0 Å². The van der Waals surface area contributed by atoms with Gasteiger partial charge in [-0.2, -0.15) is 0 Å². The molecule has 1 saturated heterocycles. The lowest BCUT2D eigenvalue weighted by Gasteiger charge is -2.38. The molecule has 0 amide bonds. The van der Waals surface area contributed by atoms with E-state index in [9.17, 15) is 5.11 Å². The van der Waals surface area contributed by atoms with Crippen LogP contribution in [0.15, 0.2) is 51.4 Å². The van der Waals surface area contributed by atoms with Crippen LogP contribution < -0.4 is 10.5 Å². The van der Waals surface area contributed by atoms with Crippen LogP contribution in [0.2, 0.25) is 0 Å². The third-order valence-electron chi connectivity index (χ3n) is 4.86. The molecule has 1 aliphatic heterocycles. The lowest BCUT2D eigenvalue weighted by molar-refractivity contribution is -0.0278. The van der Waals surface area contributed by atoms with E-state index in [4.69, 9.17) is 10.5 Å². The van der Waals surface area contributed by atoms with E-state index in [1.807, 2.05) is 36.4 Å². The Morgan fingerprint density at radius 1 is 1.04 bits per heavy atom. The molecule has 1 aliphatic rings. The number of benzene rings is 2. The molecule has 0 spiro atoms. The van der Waals surface area contributed by atoms with E-state index in [0.717, 1.165) is 58.3 Å². The smallest absolute Gasteiger partial charge is 0.123 e. The number of nitrogens with zero attached hydrogens (tertiary/aromatic N) is 1. The van der Waals surface area contributed by atoms with Crippen molar-refractivity contribution in [2.45, 2.75) is 25.0 Å². The Bertz CT molecular complexity index is 729. The summed E-state index contributed by atoms with van der Waals surface area (Å²) in [6.07, 6.45) is 1.45. The van der Waals surface area contributed by atoms with E-state index in [-0.39, 0.29) is 0 Å². The average Bonchev–Trinajstić information content (AvgIpc) is 2.64. The van der Waals surface area contributed by atoms with Gasteiger partial charge in [-0.15, -0.1) is 0 Å². The number of aliphatic hydroxyl groups is 1. The van der Waals surface area contributed by atoms with Crippen molar-refractivity contribution in [1.29, 1.82) is 0 Å². The summed E-state index contributed by atoms with van der Waals surface area (Å²) in [6.45, 7) is 3.50. The van der Waals surface area contributed by atoms with Crippen LogP contribution in [0.5, 0.6) is 5.75 Å². The molecule has 26 heavy (non-hydrogen) atoms. The Morgan fingerprint density at radius 2 is 1.69 bits per heavy atom. The number of nitrogens with two attached hydrogens (primary N) is 1. The minimum absolute atomic E-state index is 0.499. The minimum Gasteiger partial charge on any atom is -0.492 e. The molecule has 0 atom stereocenters. The molecule has 0 unspecified atom stereocenters. The summed E-state index contributed by atoms with van der Waals surface area (Å²) in [6, 6.07) is 14.1. The standard InChI is InChI=1S/C20H24Br2N2O2/c21-17-3-1-16(2-4-17)20(25)7-10-24(11-8-20)14-15-13-18(22)5-6-19(15)26-12-9-23/h1-6,13,25H,7-12,14,23H2. The minimum atomic E-state index is -0.743. The highest BCUT2D eigenvalue weighted by Crippen LogP contribution is 2.34. The molecule has 2 aromatic rings. The van der Waals surface area contributed by atoms with Crippen LogP contribution in [0.1, 0.15) is 24.0 Å². The van der Waals surface area contributed by atoms with Gasteiger partial charge in [-0.05, 0) is 48.7 Å². The van der Waals surface area contributed by atoms with E-state index in [1.165, 1.54) is 0 Å². The number of likely N-dealkylation sites (tertiary alicyclic amines) is 1. The van der Waals surface area contributed by atoms with Crippen LogP contribution in [0, 0.1) is 0 Å². The van der Waals surface area contributed by atoms with Gasteiger partial charge in [0.15, 0.2) is 0 Å². The first kappa shape index (κ1) is 19.8. The number of piperidine rings is 1. The van der Waals surface area contributed by atoms with Crippen molar-refractivity contribution < 1.29 is 9.84 Å². The average molecular weight is 484 g/mol. The first-order valence-electron chi connectivity index (χ1n) is 8.82. The zero-order valence-corrected chi connectivity index (χ0v) is 17.8. The van der Waals surface area contributed by atoms with Crippen molar-refractivity contribution >= 4 is 31.9 Å². The molecule has 0 aromatic heterocycles. The van der Waals surface area contributed by atoms with Crippen LogP contribution in [-0.4, -0.2) is 36.2 Å². The van der Waals surface area contributed by atoms with Crippen molar-refractivity contribution in [1.82, 2.24) is 4.90 Å². The maximum absolute atomic E-state index is 11.0. The lowest BCUT2D eigenvalue weighted by Crippen LogP contribution is -2.42. The summed E-state index contributed by atoms with van der Waals surface area (Å²) in [7, 11) is 0. The van der Waals surface area contributed by atoms with Crippen LogP contribution >= 0.6 is 31.9 Å². The Labute approximate surface area is 171 Å².